The van der Waals surface area contributed by atoms with Crippen molar-refractivity contribution < 1.29 is 4.79 Å². The van der Waals surface area contributed by atoms with Gasteiger partial charge in [-0.25, -0.2) is 0 Å². The quantitative estimate of drug-likeness (QED) is 0.759. The molecule has 104 valence electrons. The molecule has 0 unspecified atom stereocenters. The standard InChI is InChI=1S/C17H13ClN2O/c1-11-4-9-15(14-3-2-10-19-16(11)14)20-17(21)12-5-7-13(18)8-6-12/h2-10H,1H3,(H,20,21). The lowest BCUT2D eigenvalue weighted by Gasteiger charge is -2.10. The third-order valence-electron chi connectivity index (χ3n) is 3.33. The van der Waals surface area contributed by atoms with Crippen molar-refractivity contribution in [1.82, 2.24) is 4.98 Å². The van der Waals surface area contributed by atoms with Crippen LogP contribution in [0.1, 0.15) is 15.9 Å². The molecule has 0 aliphatic heterocycles. The summed E-state index contributed by atoms with van der Waals surface area (Å²) in [6, 6.07) is 14.5. The number of carbonyl (C=O) groups is 1. The molecule has 0 bridgehead atoms. The molecule has 1 N–H and O–H groups in total. The molecule has 0 spiro atoms. The highest BCUT2D eigenvalue weighted by molar-refractivity contribution is 6.30. The fourth-order valence-electron chi connectivity index (χ4n) is 2.22. The van der Waals surface area contributed by atoms with Gasteiger partial charge in [-0.15, -0.1) is 0 Å². The zero-order valence-corrected chi connectivity index (χ0v) is 12.2. The van der Waals surface area contributed by atoms with Crippen LogP contribution >= 0.6 is 11.6 Å². The lowest BCUT2D eigenvalue weighted by molar-refractivity contribution is 0.102. The molecule has 0 saturated carbocycles. The van der Waals surface area contributed by atoms with Gasteiger partial charge in [0.05, 0.1) is 11.2 Å². The third kappa shape index (κ3) is 2.73. The van der Waals surface area contributed by atoms with Crippen LogP contribution in [-0.4, -0.2) is 10.9 Å². The van der Waals surface area contributed by atoms with Crippen molar-refractivity contribution in [3.63, 3.8) is 0 Å². The molecule has 1 aromatic heterocycles. The fraction of sp³-hybridized carbons (Fsp3) is 0.0588. The second-order valence-corrected chi connectivity index (χ2v) is 5.23. The lowest BCUT2D eigenvalue weighted by atomic mass is 10.1. The first-order valence-electron chi connectivity index (χ1n) is 6.56. The van der Waals surface area contributed by atoms with Crippen LogP contribution in [0.4, 0.5) is 5.69 Å². The van der Waals surface area contributed by atoms with Crippen molar-refractivity contribution in [2.24, 2.45) is 0 Å². The van der Waals surface area contributed by atoms with E-state index < -0.39 is 0 Å². The maximum absolute atomic E-state index is 12.3. The summed E-state index contributed by atoms with van der Waals surface area (Å²) in [4.78, 5) is 16.6. The second kappa shape index (κ2) is 5.54. The largest absolute Gasteiger partial charge is 0.321 e. The van der Waals surface area contributed by atoms with E-state index in [0.29, 0.717) is 10.6 Å². The first kappa shape index (κ1) is 13.6. The number of halogens is 1. The van der Waals surface area contributed by atoms with Gasteiger partial charge in [-0.2, -0.15) is 0 Å². The monoisotopic (exact) mass is 296 g/mol. The number of hydrogen-bond acceptors (Lipinski definition) is 2. The van der Waals surface area contributed by atoms with E-state index in [1.165, 1.54) is 0 Å². The topological polar surface area (TPSA) is 42.0 Å². The van der Waals surface area contributed by atoms with Crippen LogP contribution in [0.15, 0.2) is 54.7 Å². The van der Waals surface area contributed by atoms with Crippen molar-refractivity contribution in [3.8, 4) is 0 Å². The van der Waals surface area contributed by atoms with Gasteiger partial charge in [0.15, 0.2) is 0 Å². The van der Waals surface area contributed by atoms with Crippen molar-refractivity contribution in [2.75, 3.05) is 5.32 Å². The summed E-state index contributed by atoms with van der Waals surface area (Å²) in [5.74, 6) is -0.166. The minimum Gasteiger partial charge on any atom is -0.321 e. The molecule has 0 radical (unpaired) electrons. The van der Waals surface area contributed by atoms with Crippen molar-refractivity contribution in [1.29, 1.82) is 0 Å². The Morgan fingerprint density at radius 1 is 1.10 bits per heavy atom. The predicted molar refractivity (Wildman–Crippen MR) is 85.9 cm³/mol. The van der Waals surface area contributed by atoms with Crippen LogP contribution in [-0.2, 0) is 0 Å². The van der Waals surface area contributed by atoms with E-state index in [-0.39, 0.29) is 5.91 Å². The molecule has 0 atom stereocenters. The van der Waals surface area contributed by atoms with Gasteiger partial charge in [-0.3, -0.25) is 9.78 Å². The Morgan fingerprint density at radius 2 is 1.86 bits per heavy atom. The zero-order chi connectivity index (χ0) is 14.8. The van der Waals surface area contributed by atoms with E-state index >= 15 is 0 Å². The summed E-state index contributed by atoms with van der Waals surface area (Å²) in [6.45, 7) is 2.00. The summed E-state index contributed by atoms with van der Waals surface area (Å²) in [5, 5.41) is 4.46. The van der Waals surface area contributed by atoms with Crippen molar-refractivity contribution >= 4 is 34.1 Å². The highest BCUT2D eigenvalue weighted by atomic mass is 35.5. The second-order valence-electron chi connectivity index (χ2n) is 4.79. The Kier molecular flexibility index (Phi) is 3.59. The minimum atomic E-state index is -0.166. The van der Waals surface area contributed by atoms with Crippen molar-refractivity contribution in [2.45, 2.75) is 6.92 Å². The zero-order valence-electron chi connectivity index (χ0n) is 11.4. The molecule has 1 amide bonds. The Balaban J connectivity index is 1.97. The summed E-state index contributed by atoms with van der Waals surface area (Å²) in [7, 11) is 0. The lowest BCUT2D eigenvalue weighted by Crippen LogP contribution is -2.12. The number of hydrogen-bond donors (Lipinski definition) is 1. The molecule has 21 heavy (non-hydrogen) atoms. The summed E-state index contributed by atoms with van der Waals surface area (Å²) in [5.41, 5.74) is 3.29. The van der Waals surface area contributed by atoms with Gasteiger partial charge >= 0.3 is 0 Å². The molecule has 0 aliphatic carbocycles. The van der Waals surface area contributed by atoms with Crippen molar-refractivity contribution in [3.05, 3.63) is 70.9 Å². The summed E-state index contributed by atoms with van der Waals surface area (Å²) >= 11 is 5.83. The molecule has 2 aromatic carbocycles. The van der Waals surface area contributed by atoms with Gasteiger partial charge in [0.1, 0.15) is 0 Å². The van der Waals surface area contributed by atoms with E-state index in [1.54, 1.807) is 30.5 Å². The van der Waals surface area contributed by atoms with E-state index in [0.717, 1.165) is 22.2 Å². The van der Waals surface area contributed by atoms with Gasteiger partial charge in [-0.1, -0.05) is 17.7 Å². The predicted octanol–water partition coefficient (Wildman–Crippen LogP) is 4.45. The van der Waals surface area contributed by atoms with Crippen LogP contribution in [0.3, 0.4) is 0 Å². The number of carbonyl (C=O) groups excluding carboxylic acids is 1. The Hall–Kier alpha value is -2.39. The van der Waals surface area contributed by atoms with Gasteiger partial charge in [-0.05, 0) is 55.0 Å². The van der Waals surface area contributed by atoms with Crippen LogP contribution < -0.4 is 5.32 Å². The number of aryl methyl sites for hydroxylation is 1. The average Bonchev–Trinajstić information content (AvgIpc) is 2.51. The van der Waals surface area contributed by atoms with Gasteiger partial charge in [0.25, 0.3) is 5.91 Å². The van der Waals surface area contributed by atoms with E-state index in [2.05, 4.69) is 10.3 Å². The molecular formula is C17H13ClN2O. The van der Waals surface area contributed by atoms with Crippen LogP contribution in [0.2, 0.25) is 5.02 Å². The highest BCUT2D eigenvalue weighted by Crippen LogP contribution is 2.25. The van der Waals surface area contributed by atoms with Crippen LogP contribution in [0.5, 0.6) is 0 Å². The first-order chi connectivity index (χ1) is 10.1. The number of aromatic nitrogens is 1. The summed E-state index contributed by atoms with van der Waals surface area (Å²) < 4.78 is 0. The maximum Gasteiger partial charge on any atom is 0.255 e. The number of anilines is 1. The molecular weight excluding hydrogens is 284 g/mol. The number of nitrogens with zero attached hydrogens (tertiary/aromatic N) is 1. The third-order valence-corrected chi connectivity index (χ3v) is 3.58. The normalized spacial score (nSPS) is 10.6. The molecule has 3 nitrogen and oxygen atoms in total. The number of pyridine rings is 1. The van der Waals surface area contributed by atoms with Gasteiger partial charge < -0.3 is 5.32 Å². The number of amides is 1. The smallest absolute Gasteiger partial charge is 0.255 e. The fourth-order valence-corrected chi connectivity index (χ4v) is 2.34. The molecule has 3 rings (SSSR count). The molecule has 0 fully saturated rings. The molecule has 3 aromatic rings. The molecule has 4 heteroatoms. The Bertz CT molecular complexity index is 813. The number of rotatable bonds is 2. The summed E-state index contributed by atoms with van der Waals surface area (Å²) in [6.07, 6.45) is 1.75. The first-order valence-corrected chi connectivity index (χ1v) is 6.94. The number of fused-ring (bicyclic) bond motifs is 1. The SMILES string of the molecule is Cc1ccc(NC(=O)c2ccc(Cl)cc2)c2cccnc12. The van der Waals surface area contributed by atoms with Gasteiger partial charge in [0, 0.05) is 22.2 Å². The van der Waals surface area contributed by atoms with Crippen LogP contribution in [0, 0.1) is 6.92 Å². The molecule has 0 aliphatic rings. The number of nitrogens with one attached hydrogen (secondary N) is 1. The Labute approximate surface area is 127 Å². The number of benzene rings is 2. The van der Waals surface area contributed by atoms with Crippen LogP contribution in [0.25, 0.3) is 10.9 Å². The van der Waals surface area contributed by atoms with E-state index in [1.807, 2.05) is 31.2 Å². The maximum atomic E-state index is 12.3. The Morgan fingerprint density at radius 3 is 2.62 bits per heavy atom. The highest BCUT2D eigenvalue weighted by Gasteiger charge is 2.09. The average molecular weight is 297 g/mol. The van der Waals surface area contributed by atoms with E-state index in [9.17, 15) is 4.79 Å². The van der Waals surface area contributed by atoms with Gasteiger partial charge in [0.2, 0.25) is 0 Å². The van der Waals surface area contributed by atoms with E-state index in [4.69, 9.17) is 11.6 Å². The molecule has 0 saturated heterocycles. The molecule has 1 heterocycles. The minimum absolute atomic E-state index is 0.166.